The molecule has 0 aliphatic rings. The van der Waals surface area contributed by atoms with Crippen LogP contribution in [0.3, 0.4) is 0 Å². The van der Waals surface area contributed by atoms with Crippen LogP contribution in [0, 0.1) is 12.7 Å². The lowest BCUT2D eigenvalue weighted by atomic mass is 10.2. The van der Waals surface area contributed by atoms with Gasteiger partial charge < -0.3 is 9.67 Å². The highest BCUT2D eigenvalue weighted by Crippen LogP contribution is 2.20. The first-order valence-electron chi connectivity index (χ1n) is 7.73. The number of aliphatic hydroxyl groups is 1. The Bertz CT molecular complexity index is 843. The lowest BCUT2D eigenvalue weighted by Crippen LogP contribution is -2.39. The van der Waals surface area contributed by atoms with Gasteiger partial charge in [-0.3, -0.25) is 15.0 Å². The summed E-state index contributed by atoms with van der Waals surface area (Å²) in [6.07, 6.45) is 0.513. The largest absolute Gasteiger partial charge is 0.391 e. The molecule has 2 N–H and O–H groups in total. The zero-order chi connectivity index (χ0) is 19.4. The molecule has 0 radical (unpaired) electrons. The fraction of sp³-hybridized carbons (Fsp3) is 0.294. The van der Waals surface area contributed by atoms with Crippen LogP contribution in [0.15, 0.2) is 39.7 Å². The van der Waals surface area contributed by atoms with Crippen molar-refractivity contribution >= 4 is 27.5 Å². The molecule has 1 atom stereocenters. The smallest absolute Gasteiger partial charge is 0.298 e. The predicted octanol–water partition coefficient (Wildman–Crippen LogP) is 2.38. The van der Waals surface area contributed by atoms with Crippen LogP contribution in [0.4, 0.5) is 10.1 Å². The van der Waals surface area contributed by atoms with Gasteiger partial charge in [0.25, 0.3) is 11.5 Å². The Hall–Kier alpha value is -2.23. The number of benzene rings is 1. The van der Waals surface area contributed by atoms with Crippen molar-refractivity contribution in [3.8, 4) is 0 Å². The fourth-order valence-electron chi connectivity index (χ4n) is 2.13. The maximum atomic E-state index is 14.1. The molecular formula is C17H19BrFN3O4. The number of nitrogens with zero attached hydrogens (tertiary/aromatic N) is 2. The van der Waals surface area contributed by atoms with E-state index >= 15 is 0 Å². The van der Waals surface area contributed by atoms with E-state index in [-0.39, 0.29) is 23.4 Å². The maximum Gasteiger partial charge on any atom is 0.298 e. The Morgan fingerprint density at radius 2 is 2.15 bits per heavy atom. The summed E-state index contributed by atoms with van der Waals surface area (Å²) in [7, 11) is 1.52. The number of halogens is 2. The minimum atomic E-state index is -0.844. The average molecular weight is 428 g/mol. The van der Waals surface area contributed by atoms with Gasteiger partial charge in [-0.25, -0.2) is 9.23 Å². The lowest BCUT2D eigenvalue weighted by molar-refractivity contribution is -0.128. The van der Waals surface area contributed by atoms with E-state index in [1.165, 1.54) is 42.9 Å². The predicted molar refractivity (Wildman–Crippen MR) is 97.9 cm³/mol. The highest BCUT2D eigenvalue weighted by atomic mass is 79.9. The number of anilines is 1. The van der Waals surface area contributed by atoms with E-state index in [9.17, 15) is 19.1 Å². The monoisotopic (exact) mass is 427 g/mol. The van der Waals surface area contributed by atoms with E-state index in [4.69, 9.17) is 4.84 Å². The van der Waals surface area contributed by atoms with Gasteiger partial charge >= 0.3 is 0 Å². The number of aromatic nitrogens is 1. The molecular weight excluding hydrogens is 409 g/mol. The first kappa shape index (κ1) is 20.1. The molecule has 2 rings (SSSR count). The highest BCUT2D eigenvalue weighted by molar-refractivity contribution is 9.10. The normalized spacial score (nSPS) is 11.9. The minimum absolute atomic E-state index is 0.00804. The van der Waals surface area contributed by atoms with Gasteiger partial charge in [-0.1, -0.05) is 15.9 Å². The first-order valence-corrected chi connectivity index (χ1v) is 8.52. The zero-order valence-electron chi connectivity index (χ0n) is 14.5. The molecule has 26 heavy (non-hydrogen) atoms. The molecule has 1 amide bonds. The molecule has 0 fully saturated rings. The number of carbonyl (C=O) groups is 1. The summed E-state index contributed by atoms with van der Waals surface area (Å²) >= 11 is 3.16. The third kappa shape index (κ3) is 4.90. The summed E-state index contributed by atoms with van der Waals surface area (Å²) in [5.74, 6) is -1.25. The molecule has 0 unspecified atom stereocenters. The Morgan fingerprint density at radius 3 is 2.73 bits per heavy atom. The summed E-state index contributed by atoms with van der Waals surface area (Å²) in [5.41, 5.74) is 2.87. The quantitative estimate of drug-likeness (QED) is 0.691. The van der Waals surface area contributed by atoms with Crippen molar-refractivity contribution in [1.29, 1.82) is 0 Å². The van der Waals surface area contributed by atoms with Crippen LogP contribution in [0.1, 0.15) is 22.8 Å². The van der Waals surface area contributed by atoms with Gasteiger partial charge in [-0.05, 0) is 38.1 Å². The second-order valence-electron chi connectivity index (χ2n) is 5.81. The molecule has 0 bridgehead atoms. The zero-order valence-corrected chi connectivity index (χ0v) is 16.1. The third-order valence-corrected chi connectivity index (χ3v) is 3.89. The Kier molecular flexibility index (Phi) is 6.52. The number of carbonyl (C=O) groups excluding carboxylic acids is 1. The molecule has 140 valence electrons. The second kappa shape index (κ2) is 8.43. The van der Waals surface area contributed by atoms with Crippen LogP contribution in [0.25, 0.3) is 0 Å². The van der Waals surface area contributed by atoms with Gasteiger partial charge in [-0.2, -0.15) is 0 Å². The van der Waals surface area contributed by atoms with Crippen LogP contribution < -0.4 is 11.0 Å². The Labute approximate surface area is 158 Å². The van der Waals surface area contributed by atoms with Crippen LogP contribution in [-0.2, 0) is 11.9 Å². The van der Waals surface area contributed by atoms with Gasteiger partial charge in [0.2, 0.25) is 0 Å². The van der Waals surface area contributed by atoms with E-state index in [0.29, 0.717) is 10.0 Å². The summed E-state index contributed by atoms with van der Waals surface area (Å²) < 4.78 is 15.9. The van der Waals surface area contributed by atoms with Gasteiger partial charge in [0.1, 0.15) is 12.4 Å². The summed E-state index contributed by atoms with van der Waals surface area (Å²) in [6.45, 7) is 2.88. The summed E-state index contributed by atoms with van der Waals surface area (Å²) in [4.78, 5) is 29.8. The SMILES string of the molecule is Cc1cc(C(=O)N(Nc2ccc(Br)cc2F)OC[C@H](C)O)cn(C)c1=O. The Balaban J connectivity index is 2.34. The number of rotatable bonds is 6. The number of aliphatic hydroxyl groups excluding tert-OH is 1. The average Bonchev–Trinajstić information content (AvgIpc) is 2.57. The number of nitrogens with one attached hydrogen (secondary N) is 1. The van der Waals surface area contributed by atoms with Crippen LogP contribution >= 0.6 is 15.9 Å². The van der Waals surface area contributed by atoms with E-state index in [0.717, 1.165) is 5.17 Å². The molecule has 0 aliphatic carbocycles. The molecule has 0 saturated heterocycles. The molecule has 1 heterocycles. The van der Waals surface area contributed by atoms with E-state index in [1.807, 2.05) is 0 Å². The molecule has 1 aromatic carbocycles. The van der Waals surface area contributed by atoms with Crippen molar-refractivity contribution in [2.24, 2.45) is 7.05 Å². The van der Waals surface area contributed by atoms with Crippen LogP contribution in [-0.4, -0.2) is 33.5 Å². The molecule has 2 aromatic rings. The van der Waals surface area contributed by atoms with Gasteiger partial charge in [0.05, 0.1) is 17.4 Å². The first-order chi connectivity index (χ1) is 12.2. The summed E-state index contributed by atoms with van der Waals surface area (Å²) in [6, 6.07) is 5.68. The molecule has 7 nitrogen and oxygen atoms in total. The number of hydrazine groups is 1. The van der Waals surface area contributed by atoms with Gasteiger partial charge in [0.15, 0.2) is 0 Å². The van der Waals surface area contributed by atoms with Crippen LogP contribution in [0.2, 0.25) is 0 Å². The molecule has 9 heteroatoms. The number of hydrogen-bond acceptors (Lipinski definition) is 5. The number of pyridine rings is 1. The Morgan fingerprint density at radius 1 is 1.46 bits per heavy atom. The standard InChI is InChI=1S/C17H19BrFN3O4/c1-10-6-12(8-21(3)16(10)24)17(25)22(26-9-11(2)23)20-15-5-4-13(18)7-14(15)19/h4-8,11,20,23H,9H2,1-3H3/t11-/m0/s1. The van der Waals surface area contributed by atoms with Crippen molar-refractivity contribution < 1.29 is 19.1 Å². The number of amides is 1. The minimum Gasteiger partial charge on any atom is -0.391 e. The second-order valence-corrected chi connectivity index (χ2v) is 6.72. The third-order valence-electron chi connectivity index (χ3n) is 3.39. The molecule has 0 spiro atoms. The summed E-state index contributed by atoms with van der Waals surface area (Å²) in [5, 5.41) is 10.2. The number of hydrogen-bond donors (Lipinski definition) is 2. The topological polar surface area (TPSA) is 83.8 Å². The van der Waals surface area contributed by atoms with Crippen LogP contribution in [0.5, 0.6) is 0 Å². The van der Waals surface area contributed by atoms with Crippen molar-refractivity contribution in [2.45, 2.75) is 20.0 Å². The lowest BCUT2D eigenvalue weighted by Gasteiger charge is -2.24. The van der Waals surface area contributed by atoms with Gasteiger partial charge in [0, 0.05) is 23.3 Å². The van der Waals surface area contributed by atoms with Crippen molar-refractivity contribution in [1.82, 2.24) is 9.74 Å². The maximum absolute atomic E-state index is 14.1. The van der Waals surface area contributed by atoms with Crippen molar-refractivity contribution in [2.75, 3.05) is 12.0 Å². The molecule has 1 aromatic heterocycles. The fourth-order valence-corrected chi connectivity index (χ4v) is 2.46. The van der Waals surface area contributed by atoms with Gasteiger partial charge in [-0.15, -0.1) is 5.17 Å². The molecule has 0 aliphatic heterocycles. The van der Waals surface area contributed by atoms with Crippen molar-refractivity contribution in [3.05, 3.63) is 62.2 Å². The van der Waals surface area contributed by atoms with E-state index in [2.05, 4.69) is 21.4 Å². The highest BCUT2D eigenvalue weighted by Gasteiger charge is 2.21. The number of hydroxylamine groups is 1. The van der Waals surface area contributed by atoms with Crippen molar-refractivity contribution in [3.63, 3.8) is 0 Å². The van der Waals surface area contributed by atoms with E-state index < -0.39 is 17.8 Å². The number of aryl methyl sites for hydroxylation is 2. The molecule has 0 saturated carbocycles. The van der Waals surface area contributed by atoms with E-state index in [1.54, 1.807) is 13.0 Å².